The van der Waals surface area contributed by atoms with Gasteiger partial charge in [0.1, 0.15) is 0 Å². The van der Waals surface area contributed by atoms with Crippen LogP contribution in [0, 0.1) is 0 Å². The molecule has 0 aliphatic heterocycles. The minimum atomic E-state index is -4.64. The number of hydrogen-bond donors (Lipinski definition) is 3. The van der Waals surface area contributed by atoms with Crippen LogP contribution in [0.15, 0.2) is 0 Å². The summed E-state index contributed by atoms with van der Waals surface area (Å²) in [5, 5.41) is 0. The molecule has 0 aliphatic carbocycles. The van der Waals surface area contributed by atoms with Crippen molar-refractivity contribution < 1.29 is 74.1 Å². The van der Waals surface area contributed by atoms with Crippen LogP contribution in [-0.4, -0.2) is 34.6 Å². The summed E-state index contributed by atoms with van der Waals surface area (Å²) in [5.41, 5.74) is 0. The first-order valence-corrected chi connectivity index (χ1v) is 4.36. The number of hydrogen-bond acceptors (Lipinski definition) is 4. The number of methoxy groups -OCH3 is 1. The van der Waals surface area contributed by atoms with E-state index in [1.54, 1.807) is 6.92 Å². The van der Waals surface area contributed by atoms with Crippen LogP contribution >= 0.6 is 7.82 Å². The van der Waals surface area contributed by atoms with E-state index in [-0.39, 0.29) is 40.6 Å². The molecule has 0 bridgehead atoms. The summed E-state index contributed by atoms with van der Waals surface area (Å²) in [6.07, 6.45) is -0.623. The zero-order valence-electron chi connectivity index (χ0n) is 10.6. The second kappa shape index (κ2) is 13.6. The van der Waals surface area contributed by atoms with Crippen molar-refractivity contribution in [3.63, 3.8) is 0 Å². The molecule has 78 valence electrons. The second-order valence-corrected chi connectivity index (χ2v) is 2.43. The first kappa shape index (κ1) is 24.0. The van der Waals surface area contributed by atoms with Crippen LogP contribution in [0.4, 0.5) is 4.79 Å². The van der Waals surface area contributed by atoms with Gasteiger partial charge in [0.05, 0.1) is 13.7 Å². The van der Waals surface area contributed by atoms with Gasteiger partial charge in [-0.05, 0) is 6.92 Å². The summed E-state index contributed by atoms with van der Waals surface area (Å²) in [5.74, 6) is 0. The van der Waals surface area contributed by atoms with Gasteiger partial charge in [-0.2, -0.15) is 0 Å². The number of carbonyl (C=O) groups excluding carboxylic acids is 1. The Labute approximate surface area is 109 Å². The van der Waals surface area contributed by atoms with Crippen LogP contribution in [0.5, 0.6) is 0 Å². The topological polar surface area (TPSA) is 113 Å². The average Bonchev–Trinajstić information content (AvgIpc) is 1.85. The van der Waals surface area contributed by atoms with Crippen molar-refractivity contribution in [2.45, 2.75) is 6.92 Å². The van der Waals surface area contributed by atoms with Crippen molar-refractivity contribution in [3.8, 4) is 0 Å². The Morgan fingerprint density at radius 1 is 1.36 bits per heavy atom. The van der Waals surface area contributed by atoms with E-state index in [0.717, 1.165) is 0 Å². The maximum atomic E-state index is 9.97. The molecule has 3 N–H and O–H groups in total. The molecule has 10 heteroatoms. The Bertz CT molecular complexity index is 170. The molecule has 0 aromatic heterocycles. The third kappa shape index (κ3) is 54.2. The van der Waals surface area contributed by atoms with Crippen molar-refractivity contribution >= 4 is 14.0 Å². The van der Waals surface area contributed by atoms with Gasteiger partial charge in [0.25, 0.3) is 0 Å². The van der Waals surface area contributed by atoms with Gasteiger partial charge in [-0.3, -0.25) is 0 Å². The average molecular weight is 218 g/mol. The largest absolute Gasteiger partial charge is 1.00 e. The van der Waals surface area contributed by atoms with Crippen LogP contribution in [0.2, 0.25) is 0 Å². The molecule has 0 fully saturated rings. The van der Waals surface area contributed by atoms with E-state index in [4.69, 9.17) is 19.2 Å². The normalized spacial score (nSPS) is 8.07. The Balaban J connectivity index is -0.0000000258. The summed E-state index contributed by atoms with van der Waals surface area (Å²) in [6, 6.07) is 0. The molecule has 0 saturated carbocycles. The smallest absolute Gasteiger partial charge is 1.00 e. The summed E-state index contributed by atoms with van der Waals surface area (Å²) >= 11 is 0. The SMILES string of the molecule is CCOC(=O)OC.O=P(O)(O)O.[H-].[H-].[Li+].[Li+]. The summed E-state index contributed by atoms with van der Waals surface area (Å²) in [7, 11) is -3.36. The summed E-state index contributed by atoms with van der Waals surface area (Å²) < 4.78 is 17.3. The maximum Gasteiger partial charge on any atom is 1.00 e. The first-order valence-electron chi connectivity index (χ1n) is 2.80. The van der Waals surface area contributed by atoms with Gasteiger partial charge in [-0.25, -0.2) is 9.36 Å². The molecule has 0 aromatic rings. The Morgan fingerprint density at radius 3 is 1.71 bits per heavy atom. The maximum absolute atomic E-state index is 9.97. The fraction of sp³-hybridized carbons (Fsp3) is 0.750. The number of phosphoric acid groups is 1. The van der Waals surface area contributed by atoms with Crippen molar-refractivity contribution in [2.24, 2.45) is 0 Å². The van der Waals surface area contributed by atoms with Crippen molar-refractivity contribution in [2.75, 3.05) is 13.7 Å². The van der Waals surface area contributed by atoms with Crippen molar-refractivity contribution in [3.05, 3.63) is 0 Å². The van der Waals surface area contributed by atoms with E-state index in [2.05, 4.69) is 9.47 Å². The van der Waals surface area contributed by atoms with Gasteiger partial charge in [-0.1, -0.05) is 0 Å². The summed E-state index contributed by atoms with van der Waals surface area (Å²) in [4.78, 5) is 31.5. The minimum Gasteiger partial charge on any atom is -1.00 e. The van der Waals surface area contributed by atoms with Crippen LogP contribution < -0.4 is 37.7 Å². The van der Waals surface area contributed by atoms with Crippen LogP contribution in [0.3, 0.4) is 0 Å². The minimum absolute atomic E-state index is 0. The van der Waals surface area contributed by atoms with Gasteiger partial charge in [0.2, 0.25) is 0 Å². The van der Waals surface area contributed by atoms with Gasteiger partial charge in [0.15, 0.2) is 0 Å². The van der Waals surface area contributed by atoms with Gasteiger partial charge >= 0.3 is 51.7 Å². The molecule has 7 nitrogen and oxygen atoms in total. The monoisotopic (exact) mass is 218 g/mol. The Kier molecular flexibility index (Phi) is 23.3. The third-order valence-corrected chi connectivity index (χ3v) is 0.429. The zero-order chi connectivity index (χ0) is 10.2. The Hall–Kier alpha value is 0.575. The van der Waals surface area contributed by atoms with E-state index in [1.807, 2.05) is 0 Å². The molecule has 0 radical (unpaired) electrons. The standard InChI is InChI=1S/C4H8O3.2Li.H3O4P.2H/c1-3-7-4(5)6-2;;;1-5(2,3)4;;/h3H2,1-2H3;;;(H3,1,2,3,4);;/q;2*+1;;2*-1. The first-order chi connectivity index (χ1) is 5.31. The van der Waals surface area contributed by atoms with Gasteiger partial charge in [-0.15, -0.1) is 0 Å². The molecule has 0 aromatic carbocycles. The van der Waals surface area contributed by atoms with E-state index in [9.17, 15) is 4.79 Å². The second-order valence-electron chi connectivity index (χ2n) is 1.40. The molecule has 0 saturated heterocycles. The van der Waals surface area contributed by atoms with E-state index in [1.165, 1.54) is 7.11 Å². The molecule has 0 heterocycles. The van der Waals surface area contributed by atoms with Crippen LogP contribution in [0.25, 0.3) is 0 Å². The third-order valence-electron chi connectivity index (χ3n) is 0.429. The van der Waals surface area contributed by atoms with Gasteiger partial charge < -0.3 is 27.0 Å². The zero-order valence-corrected chi connectivity index (χ0v) is 9.52. The fourth-order valence-corrected chi connectivity index (χ4v) is 0.177. The van der Waals surface area contributed by atoms with E-state index >= 15 is 0 Å². The van der Waals surface area contributed by atoms with Crippen LogP contribution in [0.1, 0.15) is 9.78 Å². The molecule has 0 amide bonds. The molecule has 14 heavy (non-hydrogen) atoms. The fourth-order valence-electron chi connectivity index (χ4n) is 0.177. The van der Waals surface area contributed by atoms with Gasteiger partial charge in [0, 0.05) is 0 Å². The Morgan fingerprint density at radius 2 is 1.64 bits per heavy atom. The predicted octanol–water partition coefficient (Wildman–Crippen LogP) is -5.91. The molecule has 0 aliphatic rings. The van der Waals surface area contributed by atoms with Crippen molar-refractivity contribution in [1.82, 2.24) is 0 Å². The number of ether oxygens (including phenoxy) is 2. The van der Waals surface area contributed by atoms with E-state index < -0.39 is 14.0 Å². The van der Waals surface area contributed by atoms with E-state index in [0.29, 0.717) is 6.61 Å². The molecular formula is C4H13Li2O7P. The molecule has 0 spiro atoms. The summed E-state index contributed by atoms with van der Waals surface area (Å²) in [6.45, 7) is 2.09. The molecular weight excluding hydrogens is 205 g/mol. The number of rotatable bonds is 1. The molecule has 0 atom stereocenters. The molecule has 0 rings (SSSR count). The molecule has 0 unspecified atom stereocenters. The van der Waals surface area contributed by atoms with Crippen molar-refractivity contribution in [1.29, 1.82) is 0 Å². The predicted molar refractivity (Wildman–Crippen MR) is 40.5 cm³/mol. The quantitative estimate of drug-likeness (QED) is 0.228. The number of carbonyl (C=O) groups is 1. The van der Waals surface area contributed by atoms with Crippen LogP contribution in [-0.2, 0) is 14.0 Å².